The average molecular weight is 594 g/mol. The van der Waals surface area contributed by atoms with E-state index in [0.29, 0.717) is 23.3 Å². The normalized spacial score (nSPS) is 28.5. The number of H-pyrrole nitrogens is 1. The molecule has 0 bridgehead atoms. The molecule has 0 amide bonds. The first-order valence-corrected chi connectivity index (χ1v) is 15.3. The van der Waals surface area contributed by atoms with Crippen LogP contribution in [-0.4, -0.2) is 86.3 Å². The van der Waals surface area contributed by atoms with Gasteiger partial charge in [-0.25, -0.2) is 15.0 Å². The summed E-state index contributed by atoms with van der Waals surface area (Å²) in [7, 11) is 0. The number of hydrogen-bond acceptors (Lipinski definition) is 13. The first-order valence-electron chi connectivity index (χ1n) is 12.5. The molecule has 2 fully saturated rings. The van der Waals surface area contributed by atoms with Gasteiger partial charge in [0, 0.05) is 19.2 Å². The molecule has 4 aromatic rings. The SMILES string of the molecule is Nc1nc2c(ncn2[C@@H]2O[C@H](CCO)C[C@H]2P(O)(=S)OCC2O[C@@H](n3ccc4c(N)ncnc43)C[C@@H]2O)c(=O)[nH]1. The first kappa shape index (κ1) is 27.2. The molecule has 2 aliphatic rings. The second kappa shape index (κ2) is 10.4. The minimum Gasteiger partial charge on any atom is -0.396 e. The summed E-state index contributed by atoms with van der Waals surface area (Å²) in [5.74, 6) is 0.232. The third-order valence-corrected chi connectivity index (χ3v) is 10.2. The van der Waals surface area contributed by atoms with Gasteiger partial charge in [-0.3, -0.25) is 14.3 Å². The summed E-state index contributed by atoms with van der Waals surface area (Å²) < 4.78 is 21.4. The van der Waals surface area contributed by atoms with E-state index in [0.717, 1.165) is 0 Å². The van der Waals surface area contributed by atoms with E-state index in [1.165, 1.54) is 17.2 Å². The second-order valence-electron chi connectivity index (χ2n) is 9.75. The topological polar surface area (TPSA) is 235 Å². The van der Waals surface area contributed by atoms with Crippen LogP contribution in [0, 0.1) is 0 Å². The summed E-state index contributed by atoms with van der Waals surface area (Å²) in [5, 5.41) is 20.9. The molecular weight excluding hydrogens is 565 g/mol. The lowest BCUT2D eigenvalue weighted by Crippen LogP contribution is -2.28. The standard InChI is InChI=1S/C22H28N9O7PS/c23-17-11-1-3-30(18(11)26-8-25-17)15-6-12(33)13(38-15)7-36-39(35,40)14-5-10(2-4-32)37-21(14)31-9-27-16-19(31)28-22(24)29-20(16)34/h1,3,8-10,12-15,21,32-33H,2,4-7H2,(H,35,40)(H2,23,25,26)(H3,24,28,29,34)/t10-,12+,13?,14-,15-,21-,39?/m1/s1. The van der Waals surface area contributed by atoms with Crippen molar-refractivity contribution < 1.29 is 29.1 Å². The van der Waals surface area contributed by atoms with Crippen LogP contribution in [0.15, 0.2) is 29.7 Å². The number of aliphatic hydroxyl groups excluding tert-OH is 2. The van der Waals surface area contributed by atoms with Gasteiger partial charge in [0.2, 0.25) is 5.95 Å². The molecule has 6 heterocycles. The number of rotatable bonds is 8. The Kier molecular flexibility index (Phi) is 7.08. The summed E-state index contributed by atoms with van der Waals surface area (Å²) in [6.45, 7) is -3.92. The smallest absolute Gasteiger partial charge is 0.280 e. The highest BCUT2D eigenvalue weighted by Gasteiger charge is 2.46. The molecule has 0 saturated carbocycles. The van der Waals surface area contributed by atoms with Gasteiger partial charge in [0.1, 0.15) is 36.4 Å². The quantitative estimate of drug-likeness (QED) is 0.144. The van der Waals surface area contributed by atoms with Crippen molar-refractivity contribution in [2.24, 2.45) is 0 Å². The predicted octanol–water partition coefficient (Wildman–Crippen LogP) is -0.266. The maximum absolute atomic E-state index is 12.3. The second-order valence-corrected chi connectivity index (χ2v) is 13.4. The predicted molar refractivity (Wildman–Crippen MR) is 146 cm³/mol. The summed E-state index contributed by atoms with van der Waals surface area (Å²) in [4.78, 5) is 42.7. The number of nitrogens with one attached hydrogen (secondary N) is 1. The number of aromatic amines is 1. The summed E-state index contributed by atoms with van der Waals surface area (Å²) >= 11 is 5.61. The Hall–Kier alpha value is -3.02. The molecule has 18 heteroatoms. The van der Waals surface area contributed by atoms with Crippen LogP contribution in [0.4, 0.5) is 11.8 Å². The largest absolute Gasteiger partial charge is 0.396 e. The van der Waals surface area contributed by atoms with Crippen LogP contribution in [0.25, 0.3) is 22.2 Å². The lowest BCUT2D eigenvalue weighted by Gasteiger charge is -2.28. The number of anilines is 2. The molecular formula is C22H28N9O7PS. The van der Waals surface area contributed by atoms with Crippen molar-refractivity contribution in [2.75, 3.05) is 24.7 Å². The van der Waals surface area contributed by atoms with Crippen molar-refractivity contribution in [3.8, 4) is 0 Å². The van der Waals surface area contributed by atoms with E-state index >= 15 is 0 Å². The molecule has 40 heavy (non-hydrogen) atoms. The van der Waals surface area contributed by atoms with Crippen molar-refractivity contribution in [1.82, 2.24) is 34.1 Å². The van der Waals surface area contributed by atoms with E-state index in [9.17, 15) is 19.9 Å². The number of nitrogens with zero attached hydrogens (tertiary/aromatic N) is 6. The van der Waals surface area contributed by atoms with Gasteiger partial charge < -0.3 is 45.1 Å². The average Bonchev–Trinajstić information content (AvgIpc) is 3.68. The van der Waals surface area contributed by atoms with Crippen LogP contribution in [-0.2, 0) is 25.8 Å². The van der Waals surface area contributed by atoms with E-state index in [4.69, 9.17) is 37.3 Å². The molecule has 2 aliphatic heterocycles. The highest BCUT2D eigenvalue weighted by molar-refractivity contribution is 8.09. The fraction of sp³-hybridized carbons (Fsp3) is 0.500. The van der Waals surface area contributed by atoms with Crippen molar-refractivity contribution in [1.29, 1.82) is 0 Å². The molecule has 4 aromatic heterocycles. The maximum atomic E-state index is 12.3. The van der Waals surface area contributed by atoms with Gasteiger partial charge in [-0.15, -0.1) is 0 Å². The molecule has 8 N–H and O–H groups in total. The van der Waals surface area contributed by atoms with Gasteiger partial charge in [0.15, 0.2) is 17.7 Å². The highest BCUT2D eigenvalue weighted by Crippen LogP contribution is 2.58. The molecule has 0 spiro atoms. The van der Waals surface area contributed by atoms with Gasteiger partial charge in [-0.2, -0.15) is 4.98 Å². The van der Waals surface area contributed by atoms with Crippen LogP contribution in [0.2, 0.25) is 0 Å². The molecule has 6 rings (SSSR count). The Morgan fingerprint density at radius 2 is 2.02 bits per heavy atom. The van der Waals surface area contributed by atoms with Crippen LogP contribution in [0.3, 0.4) is 0 Å². The Balaban J connectivity index is 1.21. The summed E-state index contributed by atoms with van der Waals surface area (Å²) in [6, 6.07) is 1.77. The maximum Gasteiger partial charge on any atom is 0.280 e. The zero-order valence-electron chi connectivity index (χ0n) is 21.0. The molecule has 16 nitrogen and oxygen atoms in total. The van der Waals surface area contributed by atoms with E-state index in [2.05, 4.69) is 24.9 Å². The summed E-state index contributed by atoms with van der Waals surface area (Å²) in [5.41, 5.74) is 11.2. The highest BCUT2D eigenvalue weighted by atomic mass is 32.5. The minimum absolute atomic E-state index is 0.0485. The van der Waals surface area contributed by atoms with Gasteiger partial charge >= 0.3 is 0 Å². The van der Waals surface area contributed by atoms with Gasteiger partial charge in [0.05, 0.1) is 36.2 Å². The van der Waals surface area contributed by atoms with Crippen molar-refractivity contribution >= 4 is 52.3 Å². The number of fused-ring (bicyclic) bond motifs is 2. The number of aliphatic hydroxyl groups is 2. The van der Waals surface area contributed by atoms with E-state index in [1.54, 1.807) is 16.8 Å². The monoisotopic (exact) mass is 593 g/mol. The zero-order valence-corrected chi connectivity index (χ0v) is 22.7. The molecule has 0 radical (unpaired) electrons. The number of nitrogens with two attached hydrogens (primary N) is 2. The molecule has 2 unspecified atom stereocenters. The number of nitrogen functional groups attached to an aromatic ring is 2. The number of hydrogen-bond donors (Lipinski definition) is 6. The van der Waals surface area contributed by atoms with Crippen LogP contribution in [0.5, 0.6) is 0 Å². The Bertz CT molecular complexity index is 1660. The van der Waals surface area contributed by atoms with Gasteiger partial charge in [-0.05, 0) is 30.7 Å². The summed E-state index contributed by atoms with van der Waals surface area (Å²) in [6.07, 6.45) is 1.78. The van der Waals surface area contributed by atoms with Crippen molar-refractivity contribution in [2.45, 2.75) is 55.7 Å². The fourth-order valence-electron chi connectivity index (χ4n) is 5.27. The van der Waals surface area contributed by atoms with E-state index in [-0.39, 0.29) is 43.2 Å². The van der Waals surface area contributed by atoms with Crippen molar-refractivity contribution in [3.63, 3.8) is 0 Å². The van der Waals surface area contributed by atoms with Crippen LogP contribution >= 0.6 is 6.49 Å². The Morgan fingerprint density at radius 3 is 2.83 bits per heavy atom. The molecule has 0 aromatic carbocycles. The first-order chi connectivity index (χ1) is 19.2. The molecule has 0 aliphatic carbocycles. The molecule has 7 atom stereocenters. The Morgan fingerprint density at radius 1 is 1.20 bits per heavy atom. The van der Waals surface area contributed by atoms with E-state index < -0.39 is 48.5 Å². The number of aromatic nitrogens is 7. The van der Waals surface area contributed by atoms with Gasteiger partial charge in [-0.1, -0.05) is 0 Å². The van der Waals surface area contributed by atoms with E-state index in [1.807, 2.05) is 0 Å². The van der Waals surface area contributed by atoms with Crippen LogP contribution < -0.4 is 17.0 Å². The minimum atomic E-state index is -3.61. The number of ether oxygens (including phenoxy) is 2. The van der Waals surface area contributed by atoms with Gasteiger partial charge in [0.25, 0.3) is 5.56 Å². The molecule has 214 valence electrons. The number of imidazole rings is 1. The third kappa shape index (κ3) is 4.77. The zero-order chi connectivity index (χ0) is 28.2. The Labute approximate surface area is 231 Å². The fourth-order valence-corrected chi connectivity index (χ4v) is 7.61. The third-order valence-electron chi connectivity index (χ3n) is 7.24. The van der Waals surface area contributed by atoms with Crippen molar-refractivity contribution in [3.05, 3.63) is 35.3 Å². The van der Waals surface area contributed by atoms with Crippen LogP contribution in [0.1, 0.15) is 31.7 Å². The lowest BCUT2D eigenvalue weighted by atomic mass is 10.2. The molecule has 2 saturated heterocycles. The lowest BCUT2D eigenvalue weighted by molar-refractivity contribution is -0.0389.